The van der Waals surface area contributed by atoms with Crippen LogP contribution in [-0.2, 0) is 35.0 Å². The molecule has 0 aliphatic rings. The van der Waals surface area contributed by atoms with E-state index in [0.29, 0.717) is 57.7 Å². The molecule has 0 aromatic heterocycles. The van der Waals surface area contributed by atoms with Crippen molar-refractivity contribution >= 4 is 22.8 Å². The summed E-state index contributed by atoms with van der Waals surface area (Å²) in [7, 11) is 1.57. The van der Waals surface area contributed by atoms with E-state index in [0.717, 1.165) is 30.8 Å². The number of esters is 1. The summed E-state index contributed by atoms with van der Waals surface area (Å²) >= 11 is 1.43. The summed E-state index contributed by atoms with van der Waals surface area (Å²) in [6, 6.07) is 5.40. The highest BCUT2D eigenvalue weighted by molar-refractivity contribution is 8.13. The smallest absolute Gasteiger partial charge is 0.310 e. The first-order valence-corrected chi connectivity index (χ1v) is 14.4. The van der Waals surface area contributed by atoms with E-state index in [-0.39, 0.29) is 17.5 Å². The lowest BCUT2D eigenvalue weighted by molar-refractivity contribution is -0.142. The van der Waals surface area contributed by atoms with Gasteiger partial charge in [0, 0.05) is 19.3 Å². The summed E-state index contributed by atoms with van der Waals surface area (Å²) in [6.45, 7) is 7.55. The fraction of sp³-hybridized carbons (Fsp3) is 0.714. The zero-order chi connectivity index (χ0) is 27.0. The third-order valence-electron chi connectivity index (χ3n) is 5.35. The molecule has 0 heterocycles. The van der Waals surface area contributed by atoms with Crippen LogP contribution in [0.5, 0.6) is 11.5 Å². The van der Waals surface area contributed by atoms with Gasteiger partial charge in [-0.1, -0.05) is 49.9 Å². The van der Waals surface area contributed by atoms with Gasteiger partial charge in [0.1, 0.15) is 6.61 Å². The van der Waals surface area contributed by atoms with Crippen molar-refractivity contribution in [2.45, 2.75) is 65.2 Å². The van der Waals surface area contributed by atoms with Gasteiger partial charge >= 0.3 is 5.97 Å². The van der Waals surface area contributed by atoms with E-state index < -0.39 is 0 Å². The van der Waals surface area contributed by atoms with Crippen molar-refractivity contribution < 1.29 is 38.0 Å². The van der Waals surface area contributed by atoms with Crippen LogP contribution >= 0.6 is 11.8 Å². The Kier molecular flexibility index (Phi) is 20.9. The van der Waals surface area contributed by atoms with Gasteiger partial charge in [0.2, 0.25) is 0 Å². The van der Waals surface area contributed by atoms with E-state index in [1.807, 2.05) is 6.07 Å². The summed E-state index contributed by atoms with van der Waals surface area (Å²) in [4.78, 5) is 22.5. The maximum Gasteiger partial charge on any atom is 0.310 e. The molecule has 0 fully saturated rings. The van der Waals surface area contributed by atoms with E-state index >= 15 is 0 Å². The minimum absolute atomic E-state index is 0.198. The number of carbonyl (C=O) groups excluding carboxylic acids is 2. The van der Waals surface area contributed by atoms with Crippen molar-refractivity contribution in [1.29, 1.82) is 0 Å². The summed E-state index contributed by atoms with van der Waals surface area (Å²) in [6.07, 6.45) is 8.59. The number of hydrogen-bond acceptors (Lipinski definition) is 9. The molecule has 0 atom stereocenters. The molecule has 8 nitrogen and oxygen atoms in total. The first-order chi connectivity index (χ1) is 18.1. The molecule has 0 N–H and O–H groups in total. The predicted octanol–water partition coefficient (Wildman–Crippen LogP) is 5.24. The molecule has 37 heavy (non-hydrogen) atoms. The van der Waals surface area contributed by atoms with Gasteiger partial charge in [0.15, 0.2) is 16.6 Å². The first-order valence-electron chi connectivity index (χ1n) is 13.4. The van der Waals surface area contributed by atoms with Crippen LogP contribution in [-0.4, -0.2) is 76.8 Å². The molecule has 1 rings (SSSR count). The first kappa shape index (κ1) is 33.2. The van der Waals surface area contributed by atoms with E-state index in [9.17, 15) is 9.59 Å². The summed E-state index contributed by atoms with van der Waals surface area (Å²) in [5.74, 6) is 1.86. The fourth-order valence-corrected chi connectivity index (χ4v) is 4.11. The second-order valence-electron chi connectivity index (χ2n) is 8.47. The Morgan fingerprint density at radius 3 is 1.97 bits per heavy atom. The number of benzene rings is 1. The van der Waals surface area contributed by atoms with Crippen molar-refractivity contribution in [3.63, 3.8) is 0 Å². The SMILES string of the molecule is CCOC(=O)Cc1ccc(OCCOCCOCCOCCCCCCCCCSC(C)=O)c(OC)c1. The van der Waals surface area contributed by atoms with Crippen LogP contribution < -0.4 is 9.47 Å². The lowest BCUT2D eigenvalue weighted by Crippen LogP contribution is -2.13. The van der Waals surface area contributed by atoms with E-state index in [4.69, 9.17) is 28.4 Å². The van der Waals surface area contributed by atoms with Crippen molar-refractivity contribution in [3.05, 3.63) is 23.8 Å². The Morgan fingerprint density at radius 1 is 0.757 bits per heavy atom. The third kappa shape index (κ3) is 19.0. The minimum Gasteiger partial charge on any atom is -0.493 e. The van der Waals surface area contributed by atoms with Crippen LogP contribution in [0.4, 0.5) is 0 Å². The van der Waals surface area contributed by atoms with Gasteiger partial charge in [-0.25, -0.2) is 0 Å². The minimum atomic E-state index is -0.267. The summed E-state index contributed by atoms with van der Waals surface area (Å²) in [5, 5.41) is 0.218. The molecule has 212 valence electrons. The molecule has 0 saturated carbocycles. The number of thioether (sulfide) groups is 1. The largest absolute Gasteiger partial charge is 0.493 e. The Bertz CT molecular complexity index is 728. The van der Waals surface area contributed by atoms with Crippen LogP contribution in [0.15, 0.2) is 18.2 Å². The quantitative estimate of drug-likeness (QED) is 0.128. The molecule has 0 saturated heterocycles. The molecule has 0 aliphatic heterocycles. The zero-order valence-electron chi connectivity index (χ0n) is 22.9. The second-order valence-corrected chi connectivity index (χ2v) is 9.74. The van der Waals surface area contributed by atoms with Crippen molar-refractivity contribution in [2.24, 2.45) is 0 Å². The van der Waals surface area contributed by atoms with Crippen LogP contribution in [0.3, 0.4) is 0 Å². The molecule has 0 aliphatic carbocycles. The number of hydrogen-bond donors (Lipinski definition) is 0. The maximum absolute atomic E-state index is 11.6. The Labute approximate surface area is 227 Å². The zero-order valence-corrected chi connectivity index (χ0v) is 23.7. The van der Waals surface area contributed by atoms with Crippen molar-refractivity contribution in [1.82, 2.24) is 0 Å². The van der Waals surface area contributed by atoms with Crippen LogP contribution in [0.25, 0.3) is 0 Å². The highest BCUT2D eigenvalue weighted by atomic mass is 32.2. The van der Waals surface area contributed by atoms with Gasteiger partial charge in [-0.2, -0.15) is 0 Å². The molecule has 0 unspecified atom stereocenters. The van der Waals surface area contributed by atoms with E-state index in [2.05, 4.69) is 0 Å². The number of ether oxygens (including phenoxy) is 6. The van der Waals surface area contributed by atoms with Crippen LogP contribution in [0.1, 0.15) is 64.4 Å². The van der Waals surface area contributed by atoms with Gasteiger partial charge in [-0.05, 0) is 37.5 Å². The highest BCUT2D eigenvalue weighted by Crippen LogP contribution is 2.28. The third-order valence-corrected chi connectivity index (χ3v) is 6.25. The van der Waals surface area contributed by atoms with Crippen LogP contribution in [0, 0.1) is 0 Å². The summed E-state index contributed by atoms with van der Waals surface area (Å²) < 4.78 is 32.8. The average molecular weight is 543 g/mol. The lowest BCUT2D eigenvalue weighted by atomic mass is 10.1. The van der Waals surface area contributed by atoms with Gasteiger partial charge in [0.05, 0.1) is 53.2 Å². The van der Waals surface area contributed by atoms with Gasteiger partial charge in [-0.3, -0.25) is 9.59 Å². The number of carbonyl (C=O) groups is 2. The Balaban J connectivity index is 1.90. The van der Waals surface area contributed by atoms with Crippen LogP contribution in [0.2, 0.25) is 0 Å². The predicted molar refractivity (Wildman–Crippen MR) is 147 cm³/mol. The fourth-order valence-electron chi connectivity index (χ4n) is 3.48. The highest BCUT2D eigenvalue weighted by Gasteiger charge is 2.09. The maximum atomic E-state index is 11.6. The topological polar surface area (TPSA) is 89.5 Å². The number of unbranched alkanes of at least 4 members (excludes halogenated alkanes) is 6. The molecule has 0 bridgehead atoms. The molecular weight excluding hydrogens is 496 g/mol. The molecule has 9 heteroatoms. The molecule has 1 aromatic rings. The second kappa shape index (κ2) is 23.3. The lowest BCUT2D eigenvalue weighted by Gasteiger charge is -2.12. The van der Waals surface area contributed by atoms with E-state index in [1.54, 1.807) is 33.1 Å². The summed E-state index contributed by atoms with van der Waals surface area (Å²) in [5.41, 5.74) is 0.809. The number of methoxy groups -OCH3 is 1. The molecule has 1 aromatic carbocycles. The van der Waals surface area contributed by atoms with Crippen molar-refractivity contribution in [2.75, 3.05) is 65.7 Å². The normalized spacial score (nSPS) is 10.9. The average Bonchev–Trinajstić information content (AvgIpc) is 2.88. The Morgan fingerprint density at radius 2 is 1.35 bits per heavy atom. The monoisotopic (exact) mass is 542 g/mol. The molecule has 0 radical (unpaired) electrons. The Hall–Kier alpha value is -1.81. The van der Waals surface area contributed by atoms with Gasteiger partial charge in [-0.15, -0.1) is 0 Å². The van der Waals surface area contributed by atoms with Crippen molar-refractivity contribution in [3.8, 4) is 11.5 Å². The molecule has 0 spiro atoms. The van der Waals surface area contributed by atoms with Gasteiger partial charge in [0.25, 0.3) is 0 Å². The van der Waals surface area contributed by atoms with Gasteiger partial charge < -0.3 is 28.4 Å². The molecule has 0 amide bonds. The number of rotatable bonds is 24. The molecular formula is C28H46O8S. The standard InChI is InChI=1S/C28H46O8S/c1-4-35-28(30)23-25-12-13-26(27(22-25)31-3)36-20-19-34-18-17-33-16-15-32-14-10-8-6-5-7-9-11-21-37-24(2)29/h12-13,22H,4-11,14-21,23H2,1-3H3. The van der Waals surface area contributed by atoms with E-state index in [1.165, 1.54) is 43.9 Å².